The molecule has 0 spiro atoms. The summed E-state index contributed by atoms with van der Waals surface area (Å²) in [5.74, 6) is -2.59. The van der Waals surface area contributed by atoms with Gasteiger partial charge in [0.15, 0.2) is 0 Å². The fraction of sp³-hybridized carbons (Fsp3) is 0.156. The zero-order chi connectivity index (χ0) is 29.4. The Morgan fingerprint density at radius 3 is 1.73 bits per heavy atom. The maximum absolute atomic E-state index is 12.6. The van der Waals surface area contributed by atoms with E-state index < -0.39 is 23.9 Å². The number of carboxylic acids is 2. The topological polar surface area (TPSA) is 107 Å². The highest BCUT2D eigenvalue weighted by atomic mass is 35.5. The predicted octanol–water partition coefficient (Wildman–Crippen LogP) is 6.17. The van der Waals surface area contributed by atoms with Crippen molar-refractivity contribution in [3.8, 4) is 11.1 Å². The van der Waals surface area contributed by atoms with Crippen molar-refractivity contribution in [3.63, 3.8) is 0 Å². The maximum atomic E-state index is 12.6. The standard InChI is InChI=1S/C32H28Cl2N2O5/c33-26-15-9-23(10-16-26)19-36(20-30(37)38)18-22-7-13-25(14-8-22)24-11-5-21(6-12-24)17-29(32(40)41)35-31(39)27-3-1-2-4-28(27)34/h1-16,29H,17-20H2,(H,35,39)(H,37,38)(H,40,41). The second kappa shape index (κ2) is 13.9. The number of carboxylic acid groups (broad SMARTS) is 2. The second-order valence-electron chi connectivity index (χ2n) is 9.61. The monoisotopic (exact) mass is 590 g/mol. The van der Waals surface area contributed by atoms with Crippen LogP contribution in [0.1, 0.15) is 27.0 Å². The summed E-state index contributed by atoms with van der Waals surface area (Å²) >= 11 is 12.0. The molecule has 0 aromatic heterocycles. The molecule has 0 radical (unpaired) electrons. The number of benzene rings is 4. The first-order valence-electron chi connectivity index (χ1n) is 12.8. The minimum atomic E-state index is -1.14. The van der Waals surface area contributed by atoms with Gasteiger partial charge in [-0.2, -0.15) is 0 Å². The molecular formula is C32H28Cl2N2O5. The summed E-state index contributed by atoms with van der Waals surface area (Å²) < 4.78 is 0. The number of carbonyl (C=O) groups is 3. The molecule has 1 unspecified atom stereocenters. The highest BCUT2D eigenvalue weighted by Crippen LogP contribution is 2.22. The molecule has 0 aliphatic heterocycles. The number of rotatable bonds is 12. The number of hydrogen-bond donors (Lipinski definition) is 3. The van der Waals surface area contributed by atoms with Crippen LogP contribution in [0.25, 0.3) is 11.1 Å². The van der Waals surface area contributed by atoms with Crippen LogP contribution in [0.15, 0.2) is 97.1 Å². The molecule has 7 nitrogen and oxygen atoms in total. The number of halogens is 2. The molecule has 0 bridgehead atoms. The van der Waals surface area contributed by atoms with Gasteiger partial charge >= 0.3 is 11.9 Å². The third kappa shape index (κ3) is 8.66. The number of nitrogens with one attached hydrogen (secondary N) is 1. The van der Waals surface area contributed by atoms with Crippen molar-refractivity contribution in [3.05, 3.63) is 129 Å². The number of carbonyl (C=O) groups excluding carboxylic acids is 1. The fourth-order valence-electron chi connectivity index (χ4n) is 4.42. The van der Waals surface area contributed by atoms with Crippen LogP contribution < -0.4 is 5.32 Å². The summed E-state index contributed by atoms with van der Waals surface area (Å²) in [6, 6.07) is 28.0. The molecule has 4 aromatic carbocycles. The molecule has 0 heterocycles. The summed E-state index contributed by atoms with van der Waals surface area (Å²) in [7, 11) is 0. The minimum absolute atomic E-state index is 0.0952. The summed E-state index contributed by atoms with van der Waals surface area (Å²) in [4.78, 5) is 37.7. The molecule has 1 atom stereocenters. The zero-order valence-electron chi connectivity index (χ0n) is 22.0. The van der Waals surface area contributed by atoms with Crippen molar-refractivity contribution < 1.29 is 24.6 Å². The van der Waals surface area contributed by atoms with Crippen molar-refractivity contribution in [2.75, 3.05) is 6.54 Å². The smallest absolute Gasteiger partial charge is 0.326 e. The van der Waals surface area contributed by atoms with E-state index in [2.05, 4.69) is 5.32 Å². The molecule has 0 saturated heterocycles. The minimum Gasteiger partial charge on any atom is -0.480 e. The van der Waals surface area contributed by atoms with Gasteiger partial charge in [0.1, 0.15) is 6.04 Å². The van der Waals surface area contributed by atoms with Gasteiger partial charge in [-0.3, -0.25) is 14.5 Å². The van der Waals surface area contributed by atoms with E-state index in [0.717, 1.165) is 27.8 Å². The van der Waals surface area contributed by atoms with Crippen LogP contribution in [-0.4, -0.2) is 45.5 Å². The van der Waals surface area contributed by atoms with Gasteiger partial charge in [0.2, 0.25) is 0 Å². The average molecular weight is 591 g/mol. The van der Waals surface area contributed by atoms with E-state index in [1.165, 1.54) is 0 Å². The van der Waals surface area contributed by atoms with Gasteiger partial charge < -0.3 is 15.5 Å². The van der Waals surface area contributed by atoms with E-state index in [9.17, 15) is 24.6 Å². The van der Waals surface area contributed by atoms with Crippen LogP contribution in [0, 0.1) is 0 Å². The van der Waals surface area contributed by atoms with Crippen LogP contribution in [0.5, 0.6) is 0 Å². The Morgan fingerprint density at radius 2 is 1.22 bits per heavy atom. The lowest BCUT2D eigenvalue weighted by atomic mass is 9.99. The first kappa shape index (κ1) is 29.8. The highest BCUT2D eigenvalue weighted by Gasteiger charge is 2.22. The zero-order valence-corrected chi connectivity index (χ0v) is 23.5. The van der Waals surface area contributed by atoms with Crippen LogP contribution in [0.3, 0.4) is 0 Å². The van der Waals surface area contributed by atoms with Crippen molar-refractivity contribution in [1.29, 1.82) is 0 Å². The number of hydrogen-bond acceptors (Lipinski definition) is 4. The Morgan fingerprint density at radius 1 is 0.707 bits per heavy atom. The SMILES string of the molecule is O=C(O)CN(Cc1ccc(Cl)cc1)Cc1ccc(-c2ccc(CC(NC(=O)c3ccccc3Cl)C(=O)O)cc2)cc1. The summed E-state index contributed by atoms with van der Waals surface area (Å²) in [6.45, 7) is 0.843. The summed E-state index contributed by atoms with van der Waals surface area (Å²) in [6.07, 6.45) is 0.109. The molecule has 3 N–H and O–H groups in total. The maximum Gasteiger partial charge on any atom is 0.326 e. The molecule has 1 amide bonds. The van der Waals surface area contributed by atoms with Gasteiger partial charge in [0.05, 0.1) is 17.1 Å². The molecule has 0 saturated carbocycles. The first-order valence-corrected chi connectivity index (χ1v) is 13.6. The molecular weight excluding hydrogens is 563 g/mol. The summed E-state index contributed by atoms with van der Waals surface area (Å²) in [5.41, 5.74) is 4.82. The molecule has 4 rings (SSSR count). The molecule has 0 fully saturated rings. The lowest BCUT2D eigenvalue weighted by Gasteiger charge is -2.21. The quantitative estimate of drug-likeness (QED) is 0.182. The van der Waals surface area contributed by atoms with Gasteiger partial charge in [0.25, 0.3) is 5.91 Å². The predicted molar refractivity (Wildman–Crippen MR) is 159 cm³/mol. The Kier molecular flexibility index (Phi) is 10.1. The van der Waals surface area contributed by atoms with Gasteiger partial charge in [0, 0.05) is 24.5 Å². The van der Waals surface area contributed by atoms with Crippen LogP contribution in [0.4, 0.5) is 0 Å². The lowest BCUT2D eigenvalue weighted by Crippen LogP contribution is -2.42. The third-order valence-corrected chi connectivity index (χ3v) is 7.07. The lowest BCUT2D eigenvalue weighted by molar-refractivity contribution is -0.139. The Balaban J connectivity index is 1.39. The molecule has 0 aliphatic carbocycles. The normalized spacial score (nSPS) is 11.7. The largest absolute Gasteiger partial charge is 0.480 e. The van der Waals surface area contributed by atoms with Crippen molar-refractivity contribution in [2.45, 2.75) is 25.6 Å². The highest BCUT2D eigenvalue weighted by molar-refractivity contribution is 6.33. The third-order valence-electron chi connectivity index (χ3n) is 6.49. The Hall–Kier alpha value is -4.17. The van der Waals surface area contributed by atoms with Gasteiger partial charge in [-0.1, -0.05) is 96.0 Å². The Bertz CT molecular complexity index is 1510. The number of aliphatic carboxylic acids is 2. The molecule has 4 aromatic rings. The van der Waals surface area contributed by atoms with Crippen LogP contribution >= 0.6 is 23.2 Å². The van der Waals surface area contributed by atoms with Crippen molar-refractivity contribution >= 4 is 41.0 Å². The van der Waals surface area contributed by atoms with Crippen molar-refractivity contribution in [1.82, 2.24) is 10.2 Å². The van der Waals surface area contributed by atoms with E-state index in [4.69, 9.17) is 23.2 Å². The van der Waals surface area contributed by atoms with Crippen LogP contribution in [-0.2, 0) is 29.1 Å². The van der Waals surface area contributed by atoms with E-state index >= 15 is 0 Å². The molecule has 0 aliphatic rings. The molecule has 41 heavy (non-hydrogen) atoms. The van der Waals surface area contributed by atoms with Crippen LogP contribution in [0.2, 0.25) is 10.0 Å². The summed E-state index contributed by atoms with van der Waals surface area (Å²) in [5, 5.41) is 22.5. The van der Waals surface area contributed by atoms with E-state index in [1.807, 2.05) is 65.6 Å². The van der Waals surface area contributed by atoms with Gasteiger partial charge in [-0.05, 0) is 52.1 Å². The first-order chi connectivity index (χ1) is 19.7. The fourth-order valence-corrected chi connectivity index (χ4v) is 4.77. The van der Waals surface area contributed by atoms with Crippen molar-refractivity contribution in [2.24, 2.45) is 0 Å². The van der Waals surface area contributed by atoms with E-state index in [-0.39, 0.29) is 23.6 Å². The van der Waals surface area contributed by atoms with E-state index in [0.29, 0.717) is 18.1 Å². The second-order valence-corrected chi connectivity index (χ2v) is 10.5. The number of nitrogens with zero attached hydrogens (tertiary/aromatic N) is 1. The molecule has 9 heteroatoms. The van der Waals surface area contributed by atoms with E-state index in [1.54, 1.807) is 36.4 Å². The van der Waals surface area contributed by atoms with Gasteiger partial charge in [-0.15, -0.1) is 0 Å². The number of amides is 1. The van der Waals surface area contributed by atoms with Gasteiger partial charge in [-0.25, -0.2) is 4.79 Å². The average Bonchev–Trinajstić information content (AvgIpc) is 2.94. The molecule has 210 valence electrons. The Labute approximate surface area is 248 Å².